The van der Waals surface area contributed by atoms with E-state index in [1.54, 1.807) is 0 Å². The van der Waals surface area contributed by atoms with E-state index in [-0.39, 0.29) is 11.3 Å². The van der Waals surface area contributed by atoms with Crippen molar-refractivity contribution in [3.8, 4) is 0 Å². The van der Waals surface area contributed by atoms with Gasteiger partial charge in [-0.05, 0) is 18.9 Å². The number of halogens is 1. The van der Waals surface area contributed by atoms with Gasteiger partial charge in [0.2, 0.25) is 0 Å². The van der Waals surface area contributed by atoms with Crippen molar-refractivity contribution < 1.29 is 9.31 Å². The molecule has 14 heavy (non-hydrogen) atoms. The van der Waals surface area contributed by atoms with Crippen molar-refractivity contribution in [3.63, 3.8) is 0 Å². The Morgan fingerprint density at radius 1 is 1.50 bits per heavy atom. The maximum Gasteiger partial charge on any atom is 0.269 e. The zero-order valence-electron chi connectivity index (χ0n) is 7.37. The minimum Gasteiger partial charge on any atom is -0.321 e. The summed E-state index contributed by atoms with van der Waals surface area (Å²) in [5.41, 5.74) is 5.25. The molecule has 0 unspecified atom stereocenters. The molecular weight excluding hydrogens is 187 g/mol. The van der Waals surface area contributed by atoms with E-state index in [1.165, 1.54) is 6.07 Å². The fourth-order valence-electron chi connectivity index (χ4n) is 1.41. The van der Waals surface area contributed by atoms with Crippen LogP contribution in [0.2, 0.25) is 0 Å². The lowest BCUT2D eigenvalue weighted by Crippen LogP contribution is -2.20. The average Bonchev–Trinajstić information content (AvgIpc) is 2.85. The standard InChI is InChI=1S/C9H9FN2O2/c10-8-2-1-6(12(13)14)5-7(8)9(11)3-4-9/h1-2,5H,3-4,11H2. The lowest BCUT2D eigenvalue weighted by molar-refractivity contribution is -0.385. The van der Waals surface area contributed by atoms with Gasteiger partial charge in [0.15, 0.2) is 0 Å². The van der Waals surface area contributed by atoms with E-state index < -0.39 is 16.3 Å². The van der Waals surface area contributed by atoms with Gasteiger partial charge in [-0.1, -0.05) is 0 Å². The van der Waals surface area contributed by atoms with Crippen molar-refractivity contribution in [2.45, 2.75) is 18.4 Å². The number of nitrogens with zero attached hydrogens (tertiary/aromatic N) is 1. The van der Waals surface area contributed by atoms with Crippen LogP contribution in [-0.4, -0.2) is 4.92 Å². The van der Waals surface area contributed by atoms with Crippen LogP contribution in [0.3, 0.4) is 0 Å². The summed E-state index contributed by atoms with van der Waals surface area (Å²) in [6.45, 7) is 0. The first kappa shape index (κ1) is 9.08. The van der Waals surface area contributed by atoms with Crippen LogP contribution < -0.4 is 5.73 Å². The van der Waals surface area contributed by atoms with E-state index in [2.05, 4.69) is 0 Å². The first-order valence-electron chi connectivity index (χ1n) is 4.26. The Bertz CT molecular complexity index is 402. The minimum atomic E-state index is -0.671. The van der Waals surface area contributed by atoms with Crippen LogP contribution in [0.1, 0.15) is 18.4 Å². The van der Waals surface area contributed by atoms with Crippen molar-refractivity contribution in [1.82, 2.24) is 0 Å². The van der Waals surface area contributed by atoms with Crippen molar-refractivity contribution >= 4 is 5.69 Å². The van der Waals surface area contributed by atoms with Crippen molar-refractivity contribution in [2.24, 2.45) is 5.73 Å². The summed E-state index contributed by atoms with van der Waals surface area (Å²) in [6, 6.07) is 3.47. The number of nitrogens with two attached hydrogens (primary N) is 1. The molecule has 2 rings (SSSR count). The largest absolute Gasteiger partial charge is 0.321 e. The molecule has 74 valence electrons. The van der Waals surface area contributed by atoms with Crippen LogP contribution in [0.5, 0.6) is 0 Å². The van der Waals surface area contributed by atoms with Gasteiger partial charge in [-0.3, -0.25) is 10.1 Å². The molecule has 1 aromatic carbocycles. The van der Waals surface area contributed by atoms with Crippen molar-refractivity contribution in [1.29, 1.82) is 0 Å². The molecular formula is C9H9FN2O2. The Hall–Kier alpha value is -1.49. The van der Waals surface area contributed by atoms with Gasteiger partial charge >= 0.3 is 0 Å². The minimum absolute atomic E-state index is 0.113. The molecule has 0 amide bonds. The molecule has 0 saturated heterocycles. The first-order chi connectivity index (χ1) is 6.53. The SMILES string of the molecule is NC1(c2cc([N+](=O)[O-])ccc2F)CC1. The van der Waals surface area contributed by atoms with Gasteiger partial charge in [0, 0.05) is 23.2 Å². The third kappa shape index (κ3) is 1.35. The number of benzene rings is 1. The molecule has 0 aromatic heterocycles. The molecule has 0 heterocycles. The summed E-state index contributed by atoms with van der Waals surface area (Å²) in [5, 5.41) is 10.5. The number of hydrogen-bond donors (Lipinski definition) is 1. The second-order valence-electron chi connectivity index (χ2n) is 3.58. The lowest BCUT2D eigenvalue weighted by atomic mass is 10.0. The quantitative estimate of drug-likeness (QED) is 0.577. The Labute approximate surface area is 79.7 Å². The summed E-state index contributed by atoms with van der Waals surface area (Å²) in [6.07, 6.45) is 1.37. The van der Waals surface area contributed by atoms with Crippen molar-refractivity contribution in [3.05, 3.63) is 39.7 Å². The molecule has 2 N–H and O–H groups in total. The highest BCUT2D eigenvalue weighted by Crippen LogP contribution is 2.44. The molecule has 1 aromatic rings. The molecule has 1 fully saturated rings. The van der Waals surface area contributed by atoms with E-state index in [1.807, 2.05) is 0 Å². The Morgan fingerprint density at radius 2 is 2.14 bits per heavy atom. The molecule has 1 saturated carbocycles. The normalized spacial score (nSPS) is 17.9. The highest BCUT2D eigenvalue weighted by Gasteiger charge is 2.42. The molecule has 1 aliphatic rings. The van der Waals surface area contributed by atoms with Gasteiger partial charge in [-0.15, -0.1) is 0 Å². The molecule has 1 aliphatic carbocycles. The fraction of sp³-hybridized carbons (Fsp3) is 0.333. The third-order valence-corrected chi connectivity index (χ3v) is 2.49. The van der Waals surface area contributed by atoms with Crippen LogP contribution in [-0.2, 0) is 5.54 Å². The van der Waals surface area contributed by atoms with Crippen LogP contribution in [0.15, 0.2) is 18.2 Å². The van der Waals surface area contributed by atoms with Gasteiger partial charge in [0.25, 0.3) is 5.69 Å². The third-order valence-electron chi connectivity index (χ3n) is 2.49. The van der Waals surface area contributed by atoms with E-state index in [4.69, 9.17) is 5.73 Å². The predicted molar refractivity (Wildman–Crippen MR) is 48.2 cm³/mol. The van der Waals surface area contributed by atoms with Crippen LogP contribution in [0, 0.1) is 15.9 Å². The van der Waals surface area contributed by atoms with Gasteiger partial charge < -0.3 is 5.73 Å². The number of nitro groups is 1. The summed E-state index contributed by atoms with van der Waals surface area (Å²) in [4.78, 5) is 9.91. The number of non-ortho nitro benzene ring substituents is 1. The van der Waals surface area contributed by atoms with E-state index in [0.29, 0.717) is 12.8 Å². The topological polar surface area (TPSA) is 69.2 Å². The molecule has 0 spiro atoms. The van der Waals surface area contributed by atoms with Gasteiger partial charge in [-0.2, -0.15) is 0 Å². The summed E-state index contributed by atoms with van der Waals surface area (Å²) in [5.74, 6) is -0.462. The van der Waals surface area contributed by atoms with Crippen LogP contribution in [0.4, 0.5) is 10.1 Å². The predicted octanol–water partition coefficient (Wildman–Crippen LogP) is 1.68. The van der Waals surface area contributed by atoms with E-state index >= 15 is 0 Å². The van der Waals surface area contributed by atoms with Crippen molar-refractivity contribution in [2.75, 3.05) is 0 Å². The number of nitro benzene ring substituents is 1. The van der Waals surface area contributed by atoms with E-state index in [0.717, 1.165) is 12.1 Å². The molecule has 0 atom stereocenters. The van der Waals surface area contributed by atoms with Gasteiger partial charge in [-0.25, -0.2) is 4.39 Å². The maximum atomic E-state index is 13.3. The zero-order chi connectivity index (χ0) is 10.3. The highest BCUT2D eigenvalue weighted by molar-refractivity contribution is 5.41. The second-order valence-corrected chi connectivity index (χ2v) is 3.58. The second kappa shape index (κ2) is 2.75. The van der Waals surface area contributed by atoms with Gasteiger partial charge in [0.1, 0.15) is 5.82 Å². The Balaban J connectivity index is 2.48. The Morgan fingerprint density at radius 3 is 2.64 bits per heavy atom. The number of rotatable bonds is 2. The zero-order valence-corrected chi connectivity index (χ0v) is 7.37. The average molecular weight is 196 g/mol. The monoisotopic (exact) mass is 196 g/mol. The molecule has 0 radical (unpaired) electrons. The first-order valence-corrected chi connectivity index (χ1v) is 4.26. The summed E-state index contributed by atoms with van der Waals surface area (Å²) in [7, 11) is 0. The molecule has 4 nitrogen and oxygen atoms in total. The molecule has 0 bridgehead atoms. The highest BCUT2D eigenvalue weighted by atomic mass is 19.1. The van der Waals surface area contributed by atoms with Gasteiger partial charge in [0.05, 0.1) is 4.92 Å². The molecule has 5 heteroatoms. The fourth-order valence-corrected chi connectivity index (χ4v) is 1.41. The van der Waals surface area contributed by atoms with E-state index in [9.17, 15) is 14.5 Å². The maximum absolute atomic E-state index is 13.3. The Kier molecular flexibility index (Phi) is 1.78. The summed E-state index contributed by atoms with van der Waals surface area (Å²) >= 11 is 0. The van der Waals surface area contributed by atoms with Crippen LogP contribution in [0.25, 0.3) is 0 Å². The van der Waals surface area contributed by atoms with Crippen LogP contribution >= 0.6 is 0 Å². The summed E-state index contributed by atoms with van der Waals surface area (Å²) < 4.78 is 13.3. The smallest absolute Gasteiger partial charge is 0.269 e. The lowest BCUT2D eigenvalue weighted by Gasteiger charge is -2.09. The number of hydrogen-bond acceptors (Lipinski definition) is 3. The molecule has 0 aliphatic heterocycles.